The first kappa shape index (κ1) is 11.2. The Labute approximate surface area is 97.2 Å². The number of halogens is 2. The predicted octanol–water partition coefficient (Wildman–Crippen LogP) is 3.68. The van der Waals surface area contributed by atoms with Crippen LogP contribution in [0.25, 0.3) is 0 Å². The number of aryl methyl sites for hydroxylation is 1. The minimum atomic E-state index is -0.727. The van der Waals surface area contributed by atoms with Crippen molar-refractivity contribution in [3.05, 3.63) is 19.2 Å². The number of aliphatic carboxylic acids is 1. The van der Waals surface area contributed by atoms with Gasteiger partial charge in [0.05, 0.1) is 3.79 Å². The Kier molecular flexibility index (Phi) is 4.41. The molecule has 0 aliphatic rings. The molecule has 1 heterocycles. The summed E-state index contributed by atoms with van der Waals surface area (Å²) >= 11 is 8.42. The second-order valence-corrected chi connectivity index (χ2v) is 5.89. The van der Waals surface area contributed by atoms with Crippen molar-refractivity contribution in [1.82, 2.24) is 0 Å². The number of carboxylic acids is 1. The van der Waals surface area contributed by atoms with Crippen LogP contribution in [0, 0.1) is 0 Å². The van der Waals surface area contributed by atoms with E-state index in [9.17, 15) is 4.79 Å². The molecule has 1 N–H and O–H groups in total. The Morgan fingerprint density at radius 3 is 2.69 bits per heavy atom. The molecule has 2 nitrogen and oxygen atoms in total. The van der Waals surface area contributed by atoms with Gasteiger partial charge in [0.25, 0.3) is 0 Å². The molecule has 0 aromatic carbocycles. The van der Waals surface area contributed by atoms with Crippen LogP contribution in [-0.4, -0.2) is 11.1 Å². The second kappa shape index (κ2) is 5.12. The van der Waals surface area contributed by atoms with E-state index in [1.807, 2.05) is 6.07 Å². The Morgan fingerprint density at radius 1 is 1.54 bits per heavy atom. The largest absolute Gasteiger partial charge is 0.481 e. The van der Waals surface area contributed by atoms with Crippen molar-refractivity contribution in [3.63, 3.8) is 0 Å². The molecule has 0 aliphatic carbocycles. The number of hydrogen-bond acceptors (Lipinski definition) is 2. The van der Waals surface area contributed by atoms with Crippen molar-refractivity contribution in [2.75, 3.05) is 0 Å². The first-order valence-electron chi connectivity index (χ1n) is 3.75. The molecule has 0 saturated carbocycles. The van der Waals surface area contributed by atoms with Crippen LogP contribution in [0.4, 0.5) is 0 Å². The Balaban J connectivity index is 2.41. The summed E-state index contributed by atoms with van der Waals surface area (Å²) in [6.07, 6.45) is 1.78. The summed E-state index contributed by atoms with van der Waals surface area (Å²) in [4.78, 5) is 11.5. The standard InChI is InChI=1S/C8H8Br2O2S/c9-6-4-5(13-8(6)10)2-1-3-7(11)12/h4H,1-3H2,(H,11,12). The lowest BCUT2D eigenvalue weighted by Gasteiger charge is -1.92. The van der Waals surface area contributed by atoms with Crippen LogP contribution in [0.3, 0.4) is 0 Å². The lowest BCUT2D eigenvalue weighted by atomic mass is 10.2. The number of thiophene rings is 1. The van der Waals surface area contributed by atoms with E-state index in [1.165, 1.54) is 4.88 Å². The predicted molar refractivity (Wildman–Crippen MR) is 60.3 cm³/mol. The molecule has 1 rings (SSSR count). The maximum Gasteiger partial charge on any atom is 0.303 e. The number of rotatable bonds is 4. The molecule has 72 valence electrons. The maximum absolute atomic E-state index is 10.2. The van der Waals surface area contributed by atoms with Crippen LogP contribution in [0.2, 0.25) is 0 Å². The van der Waals surface area contributed by atoms with Crippen molar-refractivity contribution in [3.8, 4) is 0 Å². The fraction of sp³-hybridized carbons (Fsp3) is 0.375. The monoisotopic (exact) mass is 326 g/mol. The van der Waals surface area contributed by atoms with Crippen molar-refractivity contribution in [1.29, 1.82) is 0 Å². The SMILES string of the molecule is O=C(O)CCCc1cc(Br)c(Br)s1. The zero-order valence-corrected chi connectivity index (χ0v) is 10.7. The highest BCUT2D eigenvalue weighted by molar-refractivity contribution is 9.13. The van der Waals surface area contributed by atoms with Crippen LogP contribution in [-0.2, 0) is 11.2 Å². The summed E-state index contributed by atoms with van der Waals surface area (Å²) in [6, 6.07) is 2.02. The third-order valence-electron chi connectivity index (χ3n) is 1.51. The van der Waals surface area contributed by atoms with Gasteiger partial charge in [0.1, 0.15) is 0 Å². The van der Waals surface area contributed by atoms with Gasteiger partial charge < -0.3 is 5.11 Å². The van der Waals surface area contributed by atoms with Gasteiger partial charge in [-0.2, -0.15) is 0 Å². The summed E-state index contributed by atoms with van der Waals surface area (Å²) in [5.41, 5.74) is 0. The van der Waals surface area contributed by atoms with Gasteiger partial charge in [-0.05, 0) is 50.8 Å². The van der Waals surface area contributed by atoms with Crippen molar-refractivity contribution in [2.45, 2.75) is 19.3 Å². The summed E-state index contributed by atoms with van der Waals surface area (Å²) in [5, 5.41) is 8.44. The average molecular weight is 328 g/mol. The fourth-order valence-electron chi connectivity index (χ4n) is 0.928. The van der Waals surface area contributed by atoms with Gasteiger partial charge in [-0.15, -0.1) is 11.3 Å². The van der Waals surface area contributed by atoms with Crippen LogP contribution in [0.1, 0.15) is 17.7 Å². The van der Waals surface area contributed by atoms with Crippen molar-refractivity contribution in [2.24, 2.45) is 0 Å². The van der Waals surface area contributed by atoms with Crippen molar-refractivity contribution < 1.29 is 9.90 Å². The smallest absolute Gasteiger partial charge is 0.303 e. The van der Waals surface area contributed by atoms with Gasteiger partial charge in [0.15, 0.2) is 0 Å². The third kappa shape index (κ3) is 3.79. The molecule has 1 aromatic heterocycles. The van der Waals surface area contributed by atoms with Crippen LogP contribution in [0.15, 0.2) is 14.3 Å². The van der Waals surface area contributed by atoms with E-state index < -0.39 is 5.97 Å². The van der Waals surface area contributed by atoms with E-state index in [1.54, 1.807) is 11.3 Å². The van der Waals surface area contributed by atoms with E-state index in [4.69, 9.17) is 5.11 Å². The minimum absolute atomic E-state index is 0.243. The van der Waals surface area contributed by atoms with Gasteiger partial charge in [-0.1, -0.05) is 0 Å². The first-order chi connectivity index (χ1) is 6.09. The quantitative estimate of drug-likeness (QED) is 0.916. The second-order valence-electron chi connectivity index (χ2n) is 2.58. The highest BCUT2D eigenvalue weighted by atomic mass is 79.9. The Bertz CT molecular complexity index is 290. The molecule has 0 unspecified atom stereocenters. The van der Waals surface area contributed by atoms with Crippen LogP contribution >= 0.6 is 43.2 Å². The highest BCUT2D eigenvalue weighted by Crippen LogP contribution is 2.32. The molecule has 0 saturated heterocycles. The lowest BCUT2D eigenvalue weighted by Crippen LogP contribution is -1.94. The molecule has 0 bridgehead atoms. The zero-order chi connectivity index (χ0) is 9.84. The molecule has 5 heteroatoms. The molecule has 0 aliphatic heterocycles. The van der Waals surface area contributed by atoms with Crippen LogP contribution in [0.5, 0.6) is 0 Å². The Morgan fingerprint density at radius 2 is 2.23 bits per heavy atom. The molecule has 0 radical (unpaired) electrons. The van der Waals surface area contributed by atoms with Gasteiger partial charge >= 0.3 is 5.97 Å². The Hall–Kier alpha value is 0.130. The minimum Gasteiger partial charge on any atom is -0.481 e. The molecule has 0 spiro atoms. The van der Waals surface area contributed by atoms with E-state index in [-0.39, 0.29) is 6.42 Å². The van der Waals surface area contributed by atoms with Crippen LogP contribution < -0.4 is 0 Å². The van der Waals surface area contributed by atoms with Gasteiger partial charge in [-0.3, -0.25) is 4.79 Å². The third-order valence-corrected chi connectivity index (χ3v) is 4.83. The highest BCUT2D eigenvalue weighted by Gasteiger charge is 2.04. The van der Waals surface area contributed by atoms with E-state index in [0.29, 0.717) is 6.42 Å². The molecular weight excluding hydrogens is 320 g/mol. The molecular formula is C8H8Br2O2S. The summed E-state index contributed by atoms with van der Waals surface area (Å²) in [7, 11) is 0. The lowest BCUT2D eigenvalue weighted by molar-refractivity contribution is -0.137. The number of carboxylic acid groups (broad SMARTS) is 1. The van der Waals surface area contributed by atoms with Crippen molar-refractivity contribution >= 4 is 49.2 Å². The van der Waals surface area contributed by atoms with E-state index in [2.05, 4.69) is 31.9 Å². The first-order valence-corrected chi connectivity index (χ1v) is 6.15. The zero-order valence-electron chi connectivity index (χ0n) is 6.72. The molecule has 1 aromatic rings. The molecule has 13 heavy (non-hydrogen) atoms. The average Bonchev–Trinajstić information content (AvgIpc) is 2.30. The summed E-state index contributed by atoms with van der Waals surface area (Å²) in [6.45, 7) is 0. The summed E-state index contributed by atoms with van der Waals surface area (Å²) in [5.74, 6) is -0.727. The normalized spacial score (nSPS) is 10.3. The fourth-order valence-corrected chi connectivity index (χ4v) is 3.15. The molecule has 0 fully saturated rings. The van der Waals surface area contributed by atoms with E-state index >= 15 is 0 Å². The molecule has 0 amide bonds. The maximum atomic E-state index is 10.2. The topological polar surface area (TPSA) is 37.3 Å². The summed E-state index contributed by atoms with van der Waals surface area (Å²) < 4.78 is 2.11. The van der Waals surface area contributed by atoms with Gasteiger partial charge in [0.2, 0.25) is 0 Å². The van der Waals surface area contributed by atoms with Gasteiger partial charge in [0, 0.05) is 15.8 Å². The van der Waals surface area contributed by atoms with Gasteiger partial charge in [-0.25, -0.2) is 0 Å². The number of carbonyl (C=O) groups is 1. The van der Waals surface area contributed by atoms with E-state index in [0.717, 1.165) is 14.7 Å². The number of hydrogen-bond donors (Lipinski definition) is 1. The molecule has 0 atom stereocenters.